The molecule has 3 fully saturated rings. The van der Waals surface area contributed by atoms with Gasteiger partial charge < -0.3 is 26.3 Å². The first-order valence-electron chi connectivity index (χ1n) is 11.7. The summed E-state index contributed by atoms with van der Waals surface area (Å²) in [4.78, 5) is 15.7. The summed E-state index contributed by atoms with van der Waals surface area (Å²) in [5.41, 5.74) is 13.8. The van der Waals surface area contributed by atoms with Gasteiger partial charge in [-0.3, -0.25) is 14.9 Å². The highest BCUT2D eigenvalue weighted by molar-refractivity contribution is 6.02. The largest absolute Gasteiger partial charge is 0.397 e. The van der Waals surface area contributed by atoms with E-state index >= 15 is 0 Å². The Kier molecular flexibility index (Phi) is 5.23. The van der Waals surface area contributed by atoms with Crippen LogP contribution in [0.4, 0.5) is 11.5 Å². The van der Waals surface area contributed by atoms with Crippen molar-refractivity contribution in [2.45, 2.75) is 50.6 Å². The van der Waals surface area contributed by atoms with Gasteiger partial charge in [-0.05, 0) is 57.4 Å². The molecule has 1 saturated heterocycles. The van der Waals surface area contributed by atoms with Gasteiger partial charge >= 0.3 is 0 Å². The summed E-state index contributed by atoms with van der Waals surface area (Å²) in [5.74, 6) is 1.82. The number of rotatable bonds is 8. The van der Waals surface area contributed by atoms with E-state index < -0.39 is 0 Å². The Morgan fingerprint density at radius 2 is 1.97 bits per heavy atom. The van der Waals surface area contributed by atoms with Crippen molar-refractivity contribution < 1.29 is 0 Å². The van der Waals surface area contributed by atoms with Crippen LogP contribution < -0.4 is 27.2 Å². The Labute approximate surface area is 188 Å². The van der Waals surface area contributed by atoms with E-state index in [2.05, 4.69) is 16.3 Å². The molecule has 0 bridgehead atoms. The molecule has 3 heterocycles. The van der Waals surface area contributed by atoms with Gasteiger partial charge in [0.1, 0.15) is 17.2 Å². The molecule has 9 nitrogen and oxygen atoms in total. The monoisotopic (exact) mass is 438 g/mol. The van der Waals surface area contributed by atoms with Crippen molar-refractivity contribution in [3.63, 3.8) is 0 Å². The van der Waals surface area contributed by atoms with Crippen LogP contribution in [-0.2, 0) is 7.05 Å². The van der Waals surface area contributed by atoms with Crippen LogP contribution >= 0.6 is 0 Å². The van der Waals surface area contributed by atoms with E-state index in [1.165, 1.54) is 0 Å². The highest BCUT2D eigenvalue weighted by Crippen LogP contribution is 2.52. The Morgan fingerprint density at radius 1 is 1.28 bits per heavy atom. The van der Waals surface area contributed by atoms with Gasteiger partial charge in [0.2, 0.25) is 0 Å². The molecule has 0 aromatic carbocycles. The van der Waals surface area contributed by atoms with Crippen LogP contribution in [0, 0.1) is 17.2 Å². The lowest BCUT2D eigenvalue weighted by Gasteiger charge is -2.26. The molecule has 0 unspecified atom stereocenters. The third-order valence-corrected chi connectivity index (χ3v) is 7.32. The van der Waals surface area contributed by atoms with Crippen LogP contribution in [0.3, 0.4) is 0 Å². The van der Waals surface area contributed by atoms with E-state index in [0.29, 0.717) is 23.4 Å². The zero-order valence-corrected chi connectivity index (χ0v) is 19.0. The van der Waals surface area contributed by atoms with Gasteiger partial charge in [0.15, 0.2) is 0 Å². The molecule has 1 atom stereocenters. The SMILES string of the molecule is CNC[C@@H]1CCCN1c1cc(-c2cn(C(C3CC3)C3CC3)c(=O)c(C(=N)N)c2N)nn1C. The average molecular weight is 439 g/mol. The van der Waals surface area contributed by atoms with E-state index in [-0.39, 0.29) is 28.7 Å². The fourth-order valence-corrected chi connectivity index (χ4v) is 5.49. The molecule has 2 aromatic rings. The second-order valence-electron chi connectivity index (χ2n) is 9.68. The molecular weight excluding hydrogens is 404 g/mol. The number of amidine groups is 1. The maximum absolute atomic E-state index is 13.3. The number of hydrogen-bond donors (Lipinski definition) is 4. The molecule has 0 radical (unpaired) electrons. The Bertz CT molecular complexity index is 1080. The minimum Gasteiger partial charge on any atom is -0.397 e. The molecule has 6 N–H and O–H groups in total. The minimum absolute atomic E-state index is 0.107. The highest BCUT2D eigenvalue weighted by Gasteiger charge is 2.43. The molecule has 2 aromatic heterocycles. The number of aromatic nitrogens is 3. The second kappa shape index (κ2) is 7.95. The molecule has 9 heteroatoms. The molecule has 1 aliphatic heterocycles. The van der Waals surface area contributed by atoms with Crippen LogP contribution in [0.2, 0.25) is 0 Å². The lowest BCUT2D eigenvalue weighted by molar-refractivity contribution is 0.384. The van der Waals surface area contributed by atoms with E-state index in [4.69, 9.17) is 22.0 Å². The average Bonchev–Trinajstić information content (AvgIpc) is 3.67. The van der Waals surface area contributed by atoms with Crippen molar-refractivity contribution in [3.05, 3.63) is 28.2 Å². The predicted molar refractivity (Wildman–Crippen MR) is 127 cm³/mol. The van der Waals surface area contributed by atoms with Gasteiger partial charge in [-0.2, -0.15) is 5.10 Å². The smallest absolute Gasteiger partial charge is 0.263 e. The maximum Gasteiger partial charge on any atom is 0.263 e. The van der Waals surface area contributed by atoms with Crippen molar-refractivity contribution in [2.75, 3.05) is 30.8 Å². The Morgan fingerprint density at radius 3 is 2.56 bits per heavy atom. The van der Waals surface area contributed by atoms with Gasteiger partial charge in [-0.15, -0.1) is 0 Å². The summed E-state index contributed by atoms with van der Waals surface area (Å²) < 4.78 is 3.72. The zero-order valence-electron chi connectivity index (χ0n) is 19.0. The number of hydrogen-bond acceptors (Lipinski definition) is 6. The van der Waals surface area contributed by atoms with Crippen molar-refractivity contribution in [1.82, 2.24) is 19.7 Å². The number of nitrogens with one attached hydrogen (secondary N) is 2. The maximum atomic E-state index is 13.3. The van der Waals surface area contributed by atoms with Crippen LogP contribution in [-0.4, -0.2) is 46.4 Å². The Hall–Kier alpha value is -2.81. The number of nitrogens with two attached hydrogens (primary N) is 2. The van der Waals surface area contributed by atoms with E-state index in [1.54, 1.807) is 0 Å². The summed E-state index contributed by atoms with van der Waals surface area (Å²) in [5, 5.41) is 16.1. The van der Waals surface area contributed by atoms with Gasteiger partial charge in [0.05, 0.1) is 11.4 Å². The quantitative estimate of drug-likeness (QED) is 0.366. The van der Waals surface area contributed by atoms with Gasteiger partial charge in [0, 0.05) is 50.0 Å². The molecule has 2 aliphatic carbocycles. The van der Waals surface area contributed by atoms with Gasteiger partial charge in [0.25, 0.3) is 5.56 Å². The zero-order chi connectivity index (χ0) is 22.6. The molecular formula is C23H34N8O. The van der Waals surface area contributed by atoms with Gasteiger partial charge in [-0.1, -0.05) is 0 Å². The number of pyridine rings is 1. The molecule has 0 spiro atoms. The number of anilines is 2. The molecule has 0 amide bonds. The molecule has 32 heavy (non-hydrogen) atoms. The topological polar surface area (TPSA) is 131 Å². The van der Waals surface area contributed by atoms with Crippen LogP contribution in [0.1, 0.15) is 50.1 Å². The number of nitrogen functional groups attached to an aromatic ring is 2. The predicted octanol–water partition coefficient (Wildman–Crippen LogP) is 1.66. The summed E-state index contributed by atoms with van der Waals surface area (Å²) in [6, 6.07) is 2.65. The number of aryl methyl sites for hydroxylation is 1. The third kappa shape index (κ3) is 3.58. The minimum atomic E-state index is -0.279. The summed E-state index contributed by atoms with van der Waals surface area (Å²) >= 11 is 0. The third-order valence-electron chi connectivity index (χ3n) is 7.32. The summed E-state index contributed by atoms with van der Waals surface area (Å²) in [6.07, 6.45) is 8.78. The first kappa shape index (κ1) is 21.1. The first-order valence-corrected chi connectivity index (χ1v) is 11.7. The lowest BCUT2D eigenvalue weighted by Crippen LogP contribution is -2.37. The highest BCUT2D eigenvalue weighted by atomic mass is 16.1. The summed E-state index contributed by atoms with van der Waals surface area (Å²) in [6.45, 7) is 1.91. The molecule has 172 valence electrons. The van der Waals surface area contributed by atoms with Crippen LogP contribution in [0.25, 0.3) is 11.3 Å². The van der Waals surface area contributed by atoms with Crippen LogP contribution in [0.15, 0.2) is 17.1 Å². The van der Waals surface area contributed by atoms with Gasteiger partial charge in [-0.25, -0.2) is 0 Å². The molecule has 2 saturated carbocycles. The number of nitrogens with zero attached hydrogens (tertiary/aromatic N) is 4. The summed E-state index contributed by atoms with van der Waals surface area (Å²) in [7, 11) is 3.93. The first-order chi connectivity index (χ1) is 15.4. The Balaban J connectivity index is 1.61. The fraction of sp³-hybridized carbons (Fsp3) is 0.609. The van der Waals surface area contributed by atoms with E-state index in [1.807, 2.05) is 29.5 Å². The second-order valence-corrected chi connectivity index (χ2v) is 9.68. The van der Waals surface area contributed by atoms with Crippen molar-refractivity contribution in [3.8, 4) is 11.3 Å². The molecule has 3 aliphatic rings. The van der Waals surface area contributed by atoms with E-state index in [9.17, 15) is 4.79 Å². The fourth-order valence-electron chi connectivity index (χ4n) is 5.49. The van der Waals surface area contributed by atoms with Crippen molar-refractivity contribution in [1.29, 1.82) is 5.41 Å². The van der Waals surface area contributed by atoms with Crippen molar-refractivity contribution in [2.24, 2.45) is 24.6 Å². The van der Waals surface area contributed by atoms with E-state index in [0.717, 1.165) is 63.1 Å². The number of likely N-dealkylation sites (N-methyl/N-ethyl adjacent to an activating group) is 1. The molecule has 5 rings (SSSR count). The van der Waals surface area contributed by atoms with Crippen molar-refractivity contribution >= 4 is 17.3 Å². The standard InChI is InChI=1S/C23H34N8O/c1-27-11-15-4-3-9-30(15)18-10-17(28-29(18)2)16-12-31(21(13-5-6-13)14-7-8-14)23(32)19(20(16)24)22(25)26/h10,12-15,21,27H,3-9,11,24H2,1-2H3,(H3,25,26)/t15-/m0/s1. The lowest BCUT2D eigenvalue weighted by atomic mass is 10.0. The van der Waals surface area contributed by atoms with Crippen LogP contribution in [0.5, 0.6) is 0 Å². The normalized spacial score (nSPS) is 21.0.